The van der Waals surface area contributed by atoms with Crippen molar-refractivity contribution in [3.63, 3.8) is 0 Å². The third-order valence-electron chi connectivity index (χ3n) is 3.99. The summed E-state index contributed by atoms with van der Waals surface area (Å²) in [6.45, 7) is 7.04. The lowest BCUT2D eigenvalue weighted by molar-refractivity contribution is -0.129. The zero-order valence-corrected chi connectivity index (χ0v) is 12.8. The van der Waals surface area contributed by atoms with E-state index in [1.54, 1.807) is 0 Å². The van der Waals surface area contributed by atoms with E-state index in [9.17, 15) is 4.79 Å². The molecule has 0 aliphatic rings. The molecular weight excluding hydrogens is 240 g/mol. The van der Waals surface area contributed by atoms with Crippen molar-refractivity contribution in [1.29, 1.82) is 0 Å². The highest BCUT2D eigenvalue weighted by atomic mass is 16.1. The number of ketones is 1. The molecule has 0 aromatic carbocycles. The summed E-state index contributed by atoms with van der Waals surface area (Å²) in [5, 5.41) is 4.18. The Morgan fingerprint density at radius 2 is 1.95 bits per heavy atom. The lowest BCUT2D eigenvalue weighted by atomic mass is 9.85. The molecule has 1 aromatic rings. The number of aryl methyl sites for hydroxylation is 1. The van der Waals surface area contributed by atoms with Crippen molar-refractivity contribution >= 4 is 5.78 Å². The molecule has 0 saturated carbocycles. The van der Waals surface area contributed by atoms with E-state index < -0.39 is 0 Å². The van der Waals surface area contributed by atoms with E-state index in [4.69, 9.17) is 0 Å². The van der Waals surface area contributed by atoms with Crippen molar-refractivity contribution in [2.75, 3.05) is 14.1 Å². The highest BCUT2D eigenvalue weighted by Crippen LogP contribution is 2.24. The summed E-state index contributed by atoms with van der Waals surface area (Å²) in [4.78, 5) is 18.9. The molecule has 0 spiro atoms. The Morgan fingerprint density at radius 1 is 1.32 bits per heavy atom. The van der Waals surface area contributed by atoms with Crippen LogP contribution in [0.4, 0.5) is 0 Å². The molecule has 0 radical (unpaired) electrons. The minimum atomic E-state index is -0.386. The summed E-state index contributed by atoms with van der Waals surface area (Å²) in [5.41, 5.74) is -0.386. The predicted molar refractivity (Wildman–Crippen MR) is 76.0 cm³/mol. The third kappa shape index (κ3) is 3.21. The Kier molecular flexibility index (Phi) is 5.66. The number of rotatable bonds is 8. The van der Waals surface area contributed by atoms with Crippen LogP contribution in [0.15, 0.2) is 6.33 Å². The van der Waals surface area contributed by atoms with Crippen LogP contribution >= 0.6 is 0 Å². The van der Waals surface area contributed by atoms with Gasteiger partial charge in [0.2, 0.25) is 0 Å². The van der Waals surface area contributed by atoms with Crippen molar-refractivity contribution in [1.82, 2.24) is 19.7 Å². The molecule has 0 aliphatic heterocycles. The molecule has 1 aromatic heterocycles. The summed E-state index contributed by atoms with van der Waals surface area (Å²) >= 11 is 0. The van der Waals surface area contributed by atoms with Gasteiger partial charge in [0.1, 0.15) is 12.2 Å². The Morgan fingerprint density at radius 3 is 2.42 bits per heavy atom. The molecule has 108 valence electrons. The highest BCUT2D eigenvalue weighted by Gasteiger charge is 2.37. The van der Waals surface area contributed by atoms with Crippen LogP contribution in [0.3, 0.4) is 0 Å². The zero-order valence-electron chi connectivity index (χ0n) is 12.8. The maximum Gasteiger partial charge on any atom is 0.160 e. The molecule has 0 unspecified atom stereocenters. The number of aromatic nitrogens is 3. The molecule has 0 fully saturated rings. The third-order valence-corrected chi connectivity index (χ3v) is 3.99. The largest absolute Gasteiger partial charge is 0.297 e. The van der Waals surface area contributed by atoms with E-state index in [0.29, 0.717) is 6.42 Å². The monoisotopic (exact) mass is 266 g/mol. The van der Waals surface area contributed by atoms with Gasteiger partial charge in [-0.15, -0.1) is 0 Å². The summed E-state index contributed by atoms with van der Waals surface area (Å²) in [6.07, 6.45) is 4.52. The fourth-order valence-corrected chi connectivity index (χ4v) is 2.66. The van der Waals surface area contributed by atoms with Crippen LogP contribution in [0.5, 0.6) is 0 Å². The summed E-state index contributed by atoms with van der Waals surface area (Å²) in [5.74, 6) is 1.01. The van der Waals surface area contributed by atoms with Gasteiger partial charge in [-0.3, -0.25) is 9.69 Å². The molecule has 0 N–H and O–H groups in total. The summed E-state index contributed by atoms with van der Waals surface area (Å²) in [6, 6.07) is 0. The first-order valence-electron chi connectivity index (χ1n) is 7.09. The van der Waals surface area contributed by atoms with Gasteiger partial charge in [-0.25, -0.2) is 9.67 Å². The van der Waals surface area contributed by atoms with Crippen molar-refractivity contribution in [3.8, 4) is 0 Å². The summed E-state index contributed by atoms with van der Waals surface area (Å²) in [7, 11) is 3.95. The SMILES string of the molecule is CCCn1ncnc1CC(=O)C(CC)(CC)N(C)C. The molecule has 0 aliphatic carbocycles. The minimum absolute atomic E-state index is 0.229. The van der Waals surface area contributed by atoms with Crippen molar-refractivity contribution in [3.05, 3.63) is 12.2 Å². The first-order valence-corrected chi connectivity index (χ1v) is 7.09. The lowest BCUT2D eigenvalue weighted by Gasteiger charge is -2.37. The van der Waals surface area contributed by atoms with Gasteiger partial charge in [0.05, 0.1) is 12.0 Å². The zero-order chi connectivity index (χ0) is 14.5. The van der Waals surface area contributed by atoms with Gasteiger partial charge in [0.25, 0.3) is 0 Å². The van der Waals surface area contributed by atoms with E-state index in [2.05, 4.69) is 30.9 Å². The normalized spacial score (nSPS) is 12.1. The van der Waals surface area contributed by atoms with Gasteiger partial charge in [0, 0.05) is 6.54 Å². The fraction of sp³-hybridized carbons (Fsp3) is 0.786. The molecule has 19 heavy (non-hydrogen) atoms. The number of likely N-dealkylation sites (N-methyl/N-ethyl adjacent to an activating group) is 1. The second-order valence-electron chi connectivity index (χ2n) is 5.13. The molecule has 0 amide bonds. The molecule has 1 rings (SSSR count). The van der Waals surface area contributed by atoms with Gasteiger partial charge < -0.3 is 0 Å². The van der Waals surface area contributed by atoms with Gasteiger partial charge >= 0.3 is 0 Å². The van der Waals surface area contributed by atoms with Crippen LogP contribution in [0.1, 0.15) is 45.9 Å². The number of hydrogen-bond donors (Lipinski definition) is 0. The molecular formula is C14H26N4O. The average molecular weight is 266 g/mol. The molecule has 0 atom stereocenters. The second-order valence-corrected chi connectivity index (χ2v) is 5.13. The van der Waals surface area contributed by atoms with Gasteiger partial charge in [-0.1, -0.05) is 20.8 Å². The van der Waals surface area contributed by atoms with Gasteiger partial charge in [0.15, 0.2) is 5.78 Å². The van der Waals surface area contributed by atoms with Crippen molar-refractivity contribution in [2.24, 2.45) is 0 Å². The van der Waals surface area contributed by atoms with Gasteiger partial charge in [-0.05, 0) is 33.4 Å². The number of carbonyl (C=O) groups excluding carboxylic acids is 1. The lowest BCUT2D eigenvalue weighted by Crippen LogP contribution is -2.51. The highest BCUT2D eigenvalue weighted by molar-refractivity contribution is 5.89. The first-order chi connectivity index (χ1) is 9.01. The fourth-order valence-electron chi connectivity index (χ4n) is 2.66. The predicted octanol–water partition coefficient (Wildman–Crippen LogP) is 1.92. The van der Waals surface area contributed by atoms with Crippen LogP contribution in [0.25, 0.3) is 0 Å². The van der Waals surface area contributed by atoms with Crippen LogP contribution in [-0.2, 0) is 17.8 Å². The molecule has 5 nitrogen and oxygen atoms in total. The van der Waals surface area contributed by atoms with Crippen LogP contribution in [0, 0.1) is 0 Å². The van der Waals surface area contributed by atoms with E-state index in [0.717, 1.165) is 31.6 Å². The van der Waals surface area contributed by atoms with Crippen LogP contribution < -0.4 is 0 Å². The van der Waals surface area contributed by atoms with Crippen molar-refractivity contribution in [2.45, 2.75) is 58.5 Å². The quantitative estimate of drug-likeness (QED) is 0.721. The van der Waals surface area contributed by atoms with E-state index in [-0.39, 0.29) is 11.3 Å². The topological polar surface area (TPSA) is 51.0 Å². The number of nitrogens with zero attached hydrogens (tertiary/aromatic N) is 4. The maximum absolute atomic E-state index is 12.7. The minimum Gasteiger partial charge on any atom is -0.297 e. The van der Waals surface area contributed by atoms with Gasteiger partial charge in [-0.2, -0.15) is 5.10 Å². The summed E-state index contributed by atoms with van der Waals surface area (Å²) < 4.78 is 1.84. The molecule has 1 heterocycles. The first kappa shape index (κ1) is 15.8. The Balaban J connectivity index is 2.91. The maximum atomic E-state index is 12.7. The smallest absolute Gasteiger partial charge is 0.160 e. The van der Waals surface area contributed by atoms with Crippen molar-refractivity contribution < 1.29 is 4.79 Å². The standard InChI is InChI=1S/C14H26N4O/c1-6-9-18-13(15-11-16-18)10-12(19)14(7-2,8-3)17(4)5/h11H,6-10H2,1-5H3. The Hall–Kier alpha value is -1.23. The number of Topliss-reactive ketones (excluding diaryl/α,β-unsaturated/α-hetero) is 1. The van der Waals surface area contributed by atoms with E-state index in [1.807, 2.05) is 23.7 Å². The Bertz CT molecular complexity index is 407. The molecule has 0 bridgehead atoms. The molecule has 0 saturated heterocycles. The number of carbonyl (C=O) groups is 1. The number of hydrogen-bond acceptors (Lipinski definition) is 4. The van der Waals surface area contributed by atoms with E-state index >= 15 is 0 Å². The Labute approximate surface area is 116 Å². The molecule has 5 heteroatoms. The van der Waals surface area contributed by atoms with Crippen LogP contribution in [-0.4, -0.2) is 45.1 Å². The van der Waals surface area contributed by atoms with E-state index in [1.165, 1.54) is 6.33 Å². The van der Waals surface area contributed by atoms with Crippen LogP contribution in [0.2, 0.25) is 0 Å². The average Bonchev–Trinajstić information content (AvgIpc) is 2.79. The second kappa shape index (κ2) is 6.80.